The molecule has 0 atom stereocenters. The summed E-state index contributed by atoms with van der Waals surface area (Å²) in [6, 6.07) is 4.03. The summed E-state index contributed by atoms with van der Waals surface area (Å²) in [5, 5.41) is 0.802. The third-order valence-corrected chi connectivity index (χ3v) is 3.01. The molecule has 0 unspecified atom stereocenters. The summed E-state index contributed by atoms with van der Waals surface area (Å²) >= 11 is 6.07. The Morgan fingerprint density at radius 1 is 1.36 bits per heavy atom. The zero-order valence-corrected chi connectivity index (χ0v) is 9.40. The Morgan fingerprint density at radius 3 is 2.71 bits per heavy atom. The molecule has 76 valence electrons. The molecule has 0 saturated heterocycles. The van der Waals surface area contributed by atoms with Crippen LogP contribution in [-0.2, 0) is 0 Å². The molecular formula is C12H15ClO. The zero-order valence-electron chi connectivity index (χ0n) is 8.64. The zero-order chi connectivity index (χ0) is 10.1. The number of halogens is 1. The van der Waals surface area contributed by atoms with Crippen LogP contribution in [0.25, 0.3) is 0 Å². The normalized spacial score (nSPS) is 15.6. The summed E-state index contributed by atoms with van der Waals surface area (Å²) < 4.78 is 5.74. The van der Waals surface area contributed by atoms with Crippen LogP contribution in [0.2, 0.25) is 5.02 Å². The van der Waals surface area contributed by atoms with E-state index in [4.69, 9.17) is 16.3 Å². The van der Waals surface area contributed by atoms with E-state index in [1.54, 1.807) is 0 Å². The maximum Gasteiger partial charge on any atom is 0.123 e. The van der Waals surface area contributed by atoms with E-state index in [2.05, 4.69) is 6.07 Å². The topological polar surface area (TPSA) is 9.23 Å². The Labute approximate surface area is 90.0 Å². The van der Waals surface area contributed by atoms with Crippen LogP contribution in [0.5, 0.6) is 5.75 Å². The molecule has 0 spiro atoms. The number of hydrogen-bond acceptors (Lipinski definition) is 1. The molecule has 0 amide bonds. The lowest BCUT2D eigenvalue weighted by atomic mass is 10.1. The predicted octanol–water partition coefficient (Wildman–Crippen LogP) is 3.75. The summed E-state index contributed by atoms with van der Waals surface area (Å²) in [6.45, 7) is 4.89. The molecule has 0 aliphatic heterocycles. The van der Waals surface area contributed by atoms with E-state index in [1.807, 2.05) is 19.9 Å². The summed E-state index contributed by atoms with van der Waals surface area (Å²) in [5.41, 5.74) is 2.21. The lowest BCUT2D eigenvalue weighted by Gasteiger charge is -2.10. The maximum atomic E-state index is 6.07. The van der Waals surface area contributed by atoms with Gasteiger partial charge in [0.05, 0.1) is 6.61 Å². The molecule has 0 bridgehead atoms. The van der Waals surface area contributed by atoms with Gasteiger partial charge < -0.3 is 4.74 Å². The smallest absolute Gasteiger partial charge is 0.123 e. The second-order valence-corrected chi connectivity index (χ2v) is 4.53. The van der Waals surface area contributed by atoms with Crippen LogP contribution in [0.4, 0.5) is 0 Å². The summed E-state index contributed by atoms with van der Waals surface area (Å²) in [4.78, 5) is 0. The first kappa shape index (κ1) is 9.85. The lowest BCUT2D eigenvalue weighted by Crippen LogP contribution is -2.01. The van der Waals surface area contributed by atoms with Gasteiger partial charge in [-0.2, -0.15) is 0 Å². The molecular weight excluding hydrogens is 196 g/mol. The van der Waals surface area contributed by atoms with Crippen molar-refractivity contribution in [3.05, 3.63) is 28.3 Å². The highest BCUT2D eigenvalue weighted by atomic mass is 35.5. The minimum Gasteiger partial charge on any atom is -0.493 e. The summed E-state index contributed by atoms with van der Waals surface area (Å²) in [6.07, 6.45) is 2.64. The number of ether oxygens (including phenoxy) is 1. The van der Waals surface area contributed by atoms with Crippen LogP contribution < -0.4 is 4.74 Å². The van der Waals surface area contributed by atoms with Gasteiger partial charge in [0.2, 0.25) is 0 Å². The second kappa shape index (κ2) is 3.82. The first-order valence-corrected chi connectivity index (χ1v) is 5.44. The van der Waals surface area contributed by atoms with Crippen LogP contribution in [0.1, 0.15) is 24.0 Å². The van der Waals surface area contributed by atoms with Crippen molar-refractivity contribution in [2.24, 2.45) is 5.92 Å². The van der Waals surface area contributed by atoms with E-state index in [9.17, 15) is 0 Å². The quantitative estimate of drug-likeness (QED) is 0.739. The van der Waals surface area contributed by atoms with Gasteiger partial charge in [-0.05, 0) is 50.3 Å². The Bertz CT molecular complexity index is 342. The summed E-state index contributed by atoms with van der Waals surface area (Å²) in [5.74, 6) is 1.73. The molecule has 0 aromatic heterocycles. The van der Waals surface area contributed by atoms with Gasteiger partial charge >= 0.3 is 0 Å². The Kier molecular flexibility index (Phi) is 2.69. The van der Waals surface area contributed by atoms with Crippen molar-refractivity contribution in [2.75, 3.05) is 6.61 Å². The molecule has 1 fully saturated rings. The molecule has 1 nitrogen and oxygen atoms in total. The molecule has 1 aliphatic carbocycles. The van der Waals surface area contributed by atoms with Crippen molar-refractivity contribution in [3.8, 4) is 5.75 Å². The molecule has 2 heteroatoms. The molecule has 14 heavy (non-hydrogen) atoms. The number of rotatable bonds is 3. The van der Waals surface area contributed by atoms with Crippen LogP contribution in [0.15, 0.2) is 12.1 Å². The Hall–Kier alpha value is -0.690. The third-order valence-electron chi connectivity index (χ3n) is 2.61. The molecule has 1 saturated carbocycles. The molecule has 1 aliphatic rings. The molecule has 0 radical (unpaired) electrons. The highest BCUT2D eigenvalue weighted by Gasteiger charge is 2.22. The van der Waals surface area contributed by atoms with Gasteiger partial charge in [0.25, 0.3) is 0 Å². The highest BCUT2D eigenvalue weighted by molar-refractivity contribution is 6.31. The van der Waals surface area contributed by atoms with E-state index >= 15 is 0 Å². The fraction of sp³-hybridized carbons (Fsp3) is 0.500. The third kappa shape index (κ3) is 2.21. The van der Waals surface area contributed by atoms with E-state index in [0.29, 0.717) is 0 Å². The lowest BCUT2D eigenvalue weighted by molar-refractivity contribution is 0.297. The number of aryl methyl sites for hydroxylation is 1. The fourth-order valence-corrected chi connectivity index (χ4v) is 1.69. The van der Waals surface area contributed by atoms with Crippen LogP contribution in [0, 0.1) is 19.8 Å². The van der Waals surface area contributed by atoms with Gasteiger partial charge in [-0.1, -0.05) is 11.6 Å². The minimum atomic E-state index is 0.786. The van der Waals surface area contributed by atoms with Crippen molar-refractivity contribution in [3.63, 3.8) is 0 Å². The first-order chi connectivity index (χ1) is 6.66. The number of hydrogen-bond donors (Lipinski definition) is 0. The van der Waals surface area contributed by atoms with E-state index in [0.717, 1.165) is 34.4 Å². The van der Waals surface area contributed by atoms with Gasteiger partial charge in [-0.3, -0.25) is 0 Å². The van der Waals surface area contributed by atoms with Crippen molar-refractivity contribution in [2.45, 2.75) is 26.7 Å². The highest BCUT2D eigenvalue weighted by Crippen LogP contribution is 2.32. The van der Waals surface area contributed by atoms with Crippen molar-refractivity contribution in [1.29, 1.82) is 0 Å². The van der Waals surface area contributed by atoms with Crippen LogP contribution in [-0.4, -0.2) is 6.61 Å². The molecule has 1 aromatic carbocycles. The van der Waals surface area contributed by atoms with Gasteiger partial charge in [-0.25, -0.2) is 0 Å². The molecule has 0 heterocycles. The monoisotopic (exact) mass is 210 g/mol. The predicted molar refractivity (Wildman–Crippen MR) is 59.1 cm³/mol. The second-order valence-electron chi connectivity index (χ2n) is 4.12. The van der Waals surface area contributed by atoms with Gasteiger partial charge in [0, 0.05) is 10.6 Å². The number of benzene rings is 1. The average Bonchev–Trinajstić information content (AvgIpc) is 2.92. The Balaban J connectivity index is 2.13. The van der Waals surface area contributed by atoms with E-state index in [-0.39, 0.29) is 0 Å². The first-order valence-electron chi connectivity index (χ1n) is 5.06. The van der Waals surface area contributed by atoms with Gasteiger partial charge in [-0.15, -0.1) is 0 Å². The van der Waals surface area contributed by atoms with Crippen molar-refractivity contribution in [1.82, 2.24) is 0 Å². The van der Waals surface area contributed by atoms with Crippen LogP contribution >= 0.6 is 11.6 Å². The summed E-state index contributed by atoms with van der Waals surface area (Å²) in [7, 11) is 0. The Morgan fingerprint density at radius 2 is 2.07 bits per heavy atom. The largest absolute Gasteiger partial charge is 0.493 e. The minimum absolute atomic E-state index is 0.786. The maximum absolute atomic E-state index is 6.07. The molecule has 1 aromatic rings. The van der Waals surface area contributed by atoms with Crippen molar-refractivity contribution >= 4 is 11.6 Å². The molecule has 0 N–H and O–H groups in total. The van der Waals surface area contributed by atoms with Gasteiger partial charge in [0.15, 0.2) is 0 Å². The van der Waals surface area contributed by atoms with E-state index < -0.39 is 0 Å². The van der Waals surface area contributed by atoms with E-state index in [1.165, 1.54) is 12.8 Å². The average molecular weight is 211 g/mol. The molecule has 2 rings (SSSR count). The fourth-order valence-electron chi connectivity index (χ4n) is 1.42. The van der Waals surface area contributed by atoms with Crippen LogP contribution in [0.3, 0.4) is 0 Å². The van der Waals surface area contributed by atoms with Gasteiger partial charge in [0.1, 0.15) is 5.75 Å². The SMILES string of the molecule is Cc1cc(Cl)c(C)c(OCC2CC2)c1. The standard InChI is InChI=1S/C12H15ClO/c1-8-5-11(13)9(2)12(6-8)14-7-10-3-4-10/h5-6,10H,3-4,7H2,1-2H3. The van der Waals surface area contributed by atoms with Crippen molar-refractivity contribution < 1.29 is 4.74 Å².